The summed E-state index contributed by atoms with van der Waals surface area (Å²) in [5.41, 5.74) is 0. The van der Waals surface area contributed by atoms with Gasteiger partial charge in [-0.05, 0) is 32.1 Å². The second kappa shape index (κ2) is 47.4. The van der Waals surface area contributed by atoms with Crippen LogP contribution in [-0.2, 0) is 14.3 Å². The Labute approximate surface area is 407 Å². The number of nitrogens with one attached hydrogen (secondary N) is 1. The molecule has 9 nitrogen and oxygen atoms in total. The highest BCUT2D eigenvalue weighted by molar-refractivity contribution is 5.76. The number of carbonyl (C=O) groups excluding carboxylic acids is 1. The first kappa shape index (κ1) is 62.7. The number of aliphatic hydroxyl groups is 5. The third-order valence-corrected chi connectivity index (χ3v) is 13.8. The molecule has 1 saturated heterocycles. The minimum absolute atomic E-state index is 0.184. The Kier molecular flexibility index (Phi) is 45.0. The van der Waals surface area contributed by atoms with Crippen molar-refractivity contribution in [1.82, 2.24) is 5.32 Å². The van der Waals surface area contributed by atoms with Crippen LogP contribution in [0.25, 0.3) is 0 Å². The predicted molar refractivity (Wildman–Crippen MR) is 277 cm³/mol. The van der Waals surface area contributed by atoms with E-state index in [-0.39, 0.29) is 12.5 Å². The van der Waals surface area contributed by atoms with Crippen molar-refractivity contribution >= 4 is 5.91 Å². The average Bonchev–Trinajstić information content (AvgIpc) is 3.32. The van der Waals surface area contributed by atoms with Crippen molar-refractivity contribution in [3.05, 3.63) is 24.3 Å². The van der Waals surface area contributed by atoms with E-state index < -0.39 is 49.5 Å². The SMILES string of the molecule is CCCCCCCCCCCCCCCCCCCCCCCCCCC/C=C/CC/C=C/C(O)C(COC1OC(CO)C(O)C(O)C1O)NC(=O)CCCCCCCCCCCCCC. The average molecular weight is 936 g/mol. The molecule has 0 aliphatic carbocycles. The van der Waals surface area contributed by atoms with Crippen molar-refractivity contribution in [3.63, 3.8) is 0 Å². The summed E-state index contributed by atoms with van der Waals surface area (Å²) < 4.78 is 11.2. The van der Waals surface area contributed by atoms with Crippen LogP contribution in [0.4, 0.5) is 0 Å². The van der Waals surface area contributed by atoms with E-state index in [0.29, 0.717) is 6.42 Å². The molecule has 9 heteroatoms. The third-order valence-electron chi connectivity index (χ3n) is 13.8. The predicted octanol–water partition coefficient (Wildman–Crippen LogP) is 13.8. The van der Waals surface area contributed by atoms with Gasteiger partial charge >= 0.3 is 0 Å². The lowest BCUT2D eigenvalue weighted by atomic mass is 9.99. The van der Waals surface area contributed by atoms with Gasteiger partial charge in [-0.2, -0.15) is 0 Å². The van der Waals surface area contributed by atoms with Crippen LogP contribution in [0.1, 0.15) is 277 Å². The van der Waals surface area contributed by atoms with Crippen LogP contribution in [0.15, 0.2) is 24.3 Å². The fourth-order valence-electron chi connectivity index (χ4n) is 9.23. The van der Waals surface area contributed by atoms with Crippen LogP contribution in [0.3, 0.4) is 0 Å². The summed E-state index contributed by atoms with van der Waals surface area (Å²) in [5.74, 6) is -0.184. The number of aliphatic hydroxyl groups excluding tert-OH is 5. The maximum atomic E-state index is 13.0. The summed E-state index contributed by atoms with van der Waals surface area (Å²) in [6.45, 7) is 3.78. The molecule has 0 bridgehead atoms. The smallest absolute Gasteiger partial charge is 0.220 e. The van der Waals surface area contributed by atoms with E-state index in [4.69, 9.17) is 9.47 Å². The molecular weight excluding hydrogens is 827 g/mol. The van der Waals surface area contributed by atoms with Gasteiger partial charge in [0.25, 0.3) is 0 Å². The summed E-state index contributed by atoms with van der Waals surface area (Å²) in [6, 6.07) is -0.817. The summed E-state index contributed by atoms with van der Waals surface area (Å²) in [7, 11) is 0. The zero-order chi connectivity index (χ0) is 48.0. The van der Waals surface area contributed by atoms with E-state index in [1.807, 2.05) is 6.08 Å². The second-order valence-corrected chi connectivity index (χ2v) is 20.1. The van der Waals surface area contributed by atoms with Gasteiger partial charge in [0.15, 0.2) is 6.29 Å². The number of ether oxygens (including phenoxy) is 2. The van der Waals surface area contributed by atoms with Gasteiger partial charge in [-0.25, -0.2) is 0 Å². The molecule has 390 valence electrons. The maximum absolute atomic E-state index is 13.0. The molecule has 6 N–H and O–H groups in total. The molecule has 0 aromatic rings. The minimum atomic E-state index is -1.57. The lowest BCUT2D eigenvalue weighted by Gasteiger charge is -2.40. The zero-order valence-corrected chi connectivity index (χ0v) is 43.2. The van der Waals surface area contributed by atoms with E-state index >= 15 is 0 Å². The van der Waals surface area contributed by atoms with Crippen LogP contribution in [-0.4, -0.2) is 87.5 Å². The fourth-order valence-corrected chi connectivity index (χ4v) is 9.23. The first-order chi connectivity index (χ1) is 32.3. The Morgan fingerprint density at radius 2 is 0.864 bits per heavy atom. The molecule has 0 aromatic carbocycles. The van der Waals surface area contributed by atoms with Crippen molar-refractivity contribution in [2.45, 2.75) is 320 Å². The largest absolute Gasteiger partial charge is 0.394 e. The van der Waals surface area contributed by atoms with E-state index in [1.54, 1.807) is 6.08 Å². The molecule has 1 fully saturated rings. The van der Waals surface area contributed by atoms with Gasteiger partial charge in [0.2, 0.25) is 5.91 Å². The van der Waals surface area contributed by atoms with Gasteiger partial charge in [0.05, 0.1) is 25.4 Å². The maximum Gasteiger partial charge on any atom is 0.220 e. The Morgan fingerprint density at radius 3 is 1.27 bits per heavy atom. The Morgan fingerprint density at radius 1 is 0.500 bits per heavy atom. The van der Waals surface area contributed by atoms with E-state index in [0.717, 1.165) is 38.5 Å². The minimum Gasteiger partial charge on any atom is -0.394 e. The first-order valence-corrected chi connectivity index (χ1v) is 28.6. The van der Waals surface area contributed by atoms with Crippen molar-refractivity contribution < 1.29 is 39.8 Å². The molecule has 1 aliphatic rings. The number of unbranched alkanes of at least 4 members (excludes halogenated alkanes) is 37. The zero-order valence-electron chi connectivity index (χ0n) is 43.2. The molecule has 0 saturated carbocycles. The Hall–Kier alpha value is -1.33. The number of rotatable bonds is 49. The normalized spacial score (nSPS) is 19.9. The molecule has 7 unspecified atom stereocenters. The number of allylic oxidation sites excluding steroid dienone is 3. The van der Waals surface area contributed by atoms with Crippen LogP contribution in [0.5, 0.6) is 0 Å². The summed E-state index contributed by atoms with van der Waals surface area (Å²) in [5, 5.41) is 54.3. The molecule has 1 aliphatic heterocycles. The van der Waals surface area contributed by atoms with Gasteiger partial charge in [-0.1, -0.05) is 263 Å². The molecule has 1 heterocycles. The lowest BCUT2D eigenvalue weighted by Crippen LogP contribution is -2.60. The Bertz CT molecular complexity index is 1090. The summed E-state index contributed by atoms with van der Waals surface area (Å²) >= 11 is 0. The second-order valence-electron chi connectivity index (χ2n) is 20.1. The van der Waals surface area contributed by atoms with Gasteiger partial charge < -0.3 is 40.3 Å². The van der Waals surface area contributed by atoms with Crippen LogP contribution >= 0.6 is 0 Å². The highest BCUT2D eigenvalue weighted by Crippen LogP contribution is 2.23. The van der Waals surface area contributed by atoms with Gasteiger partial charge in [0, 0.05) is 6.42 Å². The van der Waals surface area contributed by atoms with Crippen molar-refractivity contribution in [1.29, 1.82) is 0 Å². The van der Waals surface area contributed by atoms with Crippen molar-refractivity contribution in [3.8, 4) is 0 Å². The van der Waals surface area contributed by atoms with E-state index in [2.05, 4.69) is 31.3 Å². The topological polar surface area (TPSA) is 149 Å². The van der Waals surface area contributed by atoms with Crippen molar-refractivity contribution in [2.75, 3.05) is 13.2 Å². The molecule has 0 radical (unpaired) electrons. The fraction of sp³-hybridized carbons (Fsp3) is 0.912. The first-order valence-electron chi connectivity index (χ1n) is 28.6. The third kappa shape index (κ3) is 36.6. The van der Waals surface area contributed by atoms with E-state index in [9.17, 15) is 30.3 Å². The molecule has 0 spiro atoms. The van der Waals surface area contributed by atoms with Gasteiger partial charge in [0.1, 0.15) is 24.4 Å². The van der Waals surface area contributed by atoms with Gasteiger partial charge in [-0.15, -0.1) is 0 Å². The Balaban J connectivity index is 2.16. The molecule has 0 aromatic heterocycles. The standard InChI is InChI=1S/C57H109NO8/c1-3-5-7-9-11-13-15-17-18-19-20-21-22-23-24-25-26-27-28-29-30-31-32-33-34-35-36-38-40-42-44-46-51(60)50(49-65-57-56(64)55(63)54(62)52(48-59)66-57)58-53(61)47-45-43-41-39-37-16-14-12-10-8-6-4-2/h36,38,44,46,50-52,54-57,59-60,62-64H,3-35,37,39-43,45,47-49H2,1-2H3,(H,58,61)/b38-36+,46-44+. The molecular formula is C57H109NO8. The summed E-state index contributed by atoms with van der Waals surface area (Å²) in [6.07, 6.45) is 52.7. The molecule has 66 heavy (non-hydrogen) atoms. The number of carbonyl (C=O) groups is 1. The van der Waals surface area contributed by atoms with Crippen LogP contribution in [0.2, 0.25) is 0 Å². The monoisotopic (exact) mass is 936 g/mol. The highest BCUT2D eigenvalue weighted by atomic mass is 16.7. The van der Waals surface area contributed by atoms with Crippen LogP contribution in [0, 0.1) is 0 Å². The number of hydrogen-bond acceptors (Lipinski definition) is 8. The lowest BCUT2D eigenvalue weighted by molar-refractivity contribution is -0.302. The quantitative estimate of drug-likeness (QED) is 0.0261. The highest BCUT2D eigenvalue weighted by Gasteiger charge is 2.44. The van der Waals surface area contributed by atoms with Crippen molar-refractivity contribution in [2.24, 2.45) is 0 Å². The number of hydrogen-bond donors (Lipinski definition) is 6. The van der Waals surface area contributed by atoms with E-state index in [1.165, 1.54) is 218 Å². The number of amides is 1. The molecule has 1 amide bonds. The van der Waals surface area contributed by atoms with Gasteiger partial charge in [-0.3, -0.25) is 4.79 Å². The summed E-state index contributed by atoms with van der Waals surface area (Å²) in [4.78, 5) is 13.0. The van der Waals surface area contributed by atoms with Crippen LogP contribution < -0.4 is 5.32 Å². The molecule has 1 rings (SSSR count). The molecule has 7 atom stereocenters.